The monoisotopic (exact) mass is 263 g/mol. The van der Waals surface area contributed by atoms with Crippen LogP contribution in [0.1, 0.15) is 12.2 Å². The van der Waals surface area contributed by atoms with Crippen molar-refractivity contribution in [1.29, 1.82) is 0 Å². The van der Waals surface area contributed by atoms with Crippen molar-refractivity contribution in [1.82, 2.24) is 9.97 Å². The summed E-state index contributed by atoms with van der Waals surface area (Å²) >= 11 is 5.79. The van der Waals surface area contributed by atoms with Crippen molar-refractivity contribution in [2.24, 2.45) is 5.73 Å². The zero-order chi connectivity index (χ0) is 12.8. The van der Waals surface area contributed by atoms with Gasteiger partial charge in [-0.2, -0.15) is 0 Å². The van der Waals surface area contributed by atoms with Gasteiger partial charge >= 0.3 is 0 Å². The average Bonchev–Trinajstić information content (AvgIpc) is 2.41. The zero-order valence-corrected chi connectivity index (χ0v) is 10.6. The maximum atomic E-state index is 5.79. The molecule has 0 atom stereocenters. The molecular weight excluding hydrogens is 250 g/mol. The lowest BCUT2D eigenvalue weighted by Gasteiger charge is -2.05. The fraction of sp³-hybridized carbons (Fsp3) is 0.231. The minimum absolute atomic E-state index is 0.605. The molecule has 0 aliphatic carbocycles. The first-order chi connectivity index (χ1) is 8.78. The molecule has 18 heavy (non-hydrogen) atoms. The first-order valence-corrected chi connectivity index (χ1v) is 6.10. The summed E-state index contributed by atoms with van der Waals surface area (Å²) in [6.45, 7) is 0.645. The first-order valence-electron chi connectivity index (χ1n) is 5.72. The van der Waals surface area contributed by atoms with Crippen LogP contribution in [0, 0.1) is 0 Å². The Bertz CT molecular complexity index is 485. The quantitative estimate of drug-likeness (QED) is 0.901. The third kappa shape index (κ3) is 3.68. The van der Waals surface area contributed by atoms with Crippen LogP contribution in [0.3, 0.4) is 0 Å². The van der Waals surface area contributed by atoms with Gasteiger partial charge in [0.1, 0.15) is 11.6 Å². The Kier molecular flexibility index (Phi) is 4.50. The molecule has 4 nitrogen and oxygen atoms in total. The van der Waals surface area contributed by atoms with Gasteiger partial charge in [-0.15, -0.1) is 0 Å². The largest absolute Gasteiger partial charge is 0.454 e. The predicted octanol–water partition coefficient (Wildman–Crippen LogP) is 2.81. The van der Waals surface area contributed by atoms with Crippen LogP contribution in [0.25, 0.3) is 0 Å². The van der Waals surface area contributed by atoms with Crippen LogP contribution in [0.2, 0.25) is 5.02 Å². The Morgan fingerprint density at radius 3 is 2.33 bits per heavy atom. The van der Waals surface area contributed by atoms with Crippen molar-refractivity contribution in [3.05, 3.63) is 47.5 Å². The minimum Gasteiger partial charge on any atom is -0.454 e. The van der Waals surface area contributed by atoms with E-state index in [1.54, 1.807) is 36.7 Å². The molecule has 0 bridgehead atoms. The standard InChI is InChI=1S/C13H14ClN3O/c14-10-3-5-11(6-4-10)18-12-8-16-13(17-9-12)2-1-7-15/h3-6,8-9H,1-2,7,15H2. The molecule has 1 aromatic heterocycles. The van der Waals surface area contributed by atoms with Gasteiger partial charge in [-0.05, 0) is 37.2 Å². The average molecular weight is 264 g/mol. The Morgan fingerprint density at radius 1 is 1.06 bits per heavy atom. The highest BCUT2D eigenvalue weighted by molar-refractivity contribution is 6.30. The second-order valence-corrected chi connectivity index (χ2v) is 4.22. The van der Waals surface area contributed by atoms with Gasteiger partial charge in [-0.3, -0.25) is 0 Å². The maximum Gasteiger partial charge on any atom is 0.164 e. The number of rotatable bonds is 5. The van der Waals surface area contributed by atoms with Gasteiger partial charge in [-0.1, -0.05) is 11.6 Å². The molecule has 2 rings (SSSR count). The first kappa shape index (κ1) is 12.8. The van der Waals surface area contributed by atoms with Gasteiger partial charge in [-0.25, -0.2) is 9.97 Å². The van der Waals surface area contributed by atoms with Crippen molar-refractivity contribution in [3.63, 3.8) is 0 Å². The highest BCUT2D eigenvalue weighted by Gasteiger charge is 2.00. The summed E-state index contributed by atoms with van der Waals surface area (Å²) in [7, 11) is 0. The summed E-state index contributed by atoms with van der Waals surface area (Å²) in [4.78, 5) is 8.42. The molecule has 5 heteroatoms. The molecule has 0 radical (unpaired) electrons. The van der Waals surface area contributed by atoms with Crippen molar-refractivity contribution >= 4 is 11.6 Å². The highest BCUT2D eigenvalue weighted by atomic mass is 35.5. The van der Waals surface area contributed by atoms with E-state index in [1.807, 2.05) is 0 Å². The smallest absolute Gasteiger partial charge is 0.164 e. The van der Waals surface area contributed by atoms with E-state index in [0.717, 1.165) is 18.7 Å². The Hall–Kier alpha value is -1.65. The molecular formula is C13H14ClN3O. The molecule has 2 aromatic rings. The SMILES string of the molecule is NCCCc1ncc(Oc2ccc(Cl)cc2)cn1. The Labute approximate surface area is 111 Å². The normalized spacial score (nSPS) is 10.3. The molecule has 0 aliphatic heterocycles. The van der Waals surface area contributed by atoms with Gasteiger partial charge in [0, 0.05) is 11.4 Å². The fourth-order valence-electron chi connectivity index (χ4n) is 1.42. The zero-order valence-electron chi connectivity index (χ0n) is 9.84. The van der Waals surface area contributed by atoms with Gasteiger partial charge in [0.05, 0.1) is 12.4 Å². The summed E-state index contributed by atoms with van der Waals surface area (Å²) < 4.78 is 5.58. The van der Waals surface area contributed by atoms with E-state index in [-0.39, 0.29) is 0 Å². The maximum absolute atomic E-state index is 5.79. The van der Waals surface area contributed by atoms with E-state index in [1.165, 1.54) is 0 Å². The summed E-state index contributed by atoms with van der Waals surface area (Å²) in [5, 5.41) is 0.677. The third-order valence-corrected chi connectivity index (χ3v) is 2.59. The topological polar surface area (TPSA) is 61.0 Å². The second kappa shape index (κ2) is 6.33. The molecule has 1 heterocycles. The summed E-state index contributed by atoms with van der Waals surface area (Å²) in [5.74, 6) is 2.09. The molecule has 2 N–H and O–H groups in total. The molecule has 0 amide bonds. The van der Waals surface area contributed by atoms with Crippen LogP contribution in [-0.4, -0.2) is 16.5 Å². The van der Waals surface area contributed by atoms with Crippen LogP contribution >= 0.6 is 11.6 Å². The summed E-state index contributed by atoms with van der Waals surface area (Å²) in [6, 6.07) is 7.13. The Morgan fingerprint density at radius 2 is 1.72 bits per heavy atom. The number of nitrogens with two attached hydrogens (primary N) is 1. The van der Waals surface area contributed by atoms with E-state index in [9.17, 15) is 0 Å². The number of benzene rings is 1. The lowest BCUT2D eigenvalue weighted by molar-refractivity contribution is 0.476. The van der Waals surface area contributed by atoms with Crippen LogP contribution in [-0.2, 0) is 6.42 Å². The van der Waals surface area contributed by atoms with Gasteiger partial charge in [0.25, 0.3) is 0 Å². The van der Waals surface area contributed by atoms with E-state index >= 15 is 0 Å². The van der Waals surface area contributed by atoms with E-state index < -0.39 is 0 Å². The van der Waals surface area contributed by atoms with Crippen molar-refractivity contribution in [3.8, 4) is 11.5 Å². The van der Waals surface area contributed by atoms with E-state index in [0.29, 0.717) is 23.1 Å². The lowest BCUT2D eigenvalue weighted by atomic mass is 10.3. The Balaban J connectivity index is 1.99. The van der Waals surface area contributed by atoms with Crippen molar-refractivity contribution in [2.45, 2.75) is 12.8 Å². The number of nitrogens with zero attached hydrogens (tertiary/aromatic N) is 2. The molecule has 94 valence electrons. The molecule has 0 aliphatic rings. The predicted molar refractivity (Wildman–Crippen MR) is 70.9 cm³/mol. The number of aryl methyl sites for hydroxylation is 1. The fourth-order valence-corrected chi connectivity index (χ4v) is 1.55. The van der Waals surface area contributed by atoms with Crippen molar-refractivity contribution < 1.29 is 4.74 Å². The molecule has 0 fully saturated rings. The van der Waals surface area contributed by atoms with E-state index in [4.69, 9.17) is 22.1 Å². The second-order valence-electron chi connectivity index (χ2n) is 3.78. The van der Waals surface area contributed by atoms with Crippen LogP contribution in [0.4, 0.5) is 0 Å². The van der Waals surface area contributed by atoms with Crippen LogP contribution in [0.5, 0.6) is 11.5 Å². The molecule has 0 saturated heterocycles. The van der Waals surface area contributed by atoms with Crippen LogP contribution in [0.15, 0.2) is 36.7 Å². The van der Waals surface area contributed by atoms with Crippen molar-refractivity contribution in [2.75, 3.05) is 6.54 Å². The highest BCUT2D eigenvalue weighted by Crippen LogP contribution is 2.21. The van der Waals surface area contributed by atoms with Crippen LogP contribution < -0.4 is 10.5 Å². The number of halogens is 1. The number of hydrogen-bond donors (Lipinski definition) is 1. The minimum atomic E-state index is 0.605. The summed E-state index contributed by atoms with van der Waals surface area (Å²) in [5.41, 5.74) is 5.43. The summed E-state index contributed by atoms with van der Waals surface area (Å²) in [6.07, 6.45) is 5.00. The molecule has 1 aromatic carbocycles. The number of aromatic nitrogens is 2. The van der Waals surface area contributed by atoms with Gasteiger partial charge in [0.2, 0.25) is 0 Å². The molecule has 0 spiro atoms. The van der Waals surface area contributed by atoms with E-state index in [2.05, 4.69) is 9.97 Å². The molecule has 0 saturated carbocycles. The lowest BCUT2D eigenvalue weighted by Crippen LogP contribution is -2.03. The van der Waals surface area contributed by atoms with Gasteiger partial charge < -0.3 is 10.5 Å². The number of hydrogen-bond acceptors (Lipinski definition) is 4. The molecule has 0 unspecified atom stereocenters. The third-order valence-electron chi connectivity index (χ3n) is 2.34. The number of ether oxygens (including phenoxy) is 1. The van der Waals surface area contributed by atoms with Gasteiger partial charge in [0.15, 0.2) is 5.75 Å².